The summed E-state index contributed by atoms with van der Waals surface area (Å²) in [6, 6.07) is -0.841. The number of hydrogen-bond donors (Lipinski definition) is 3. The number of aromatic nitrogens is 2. The summed E-state index contributed by atoms with van der Waals surface area (Å²) in [6.45, 7) is 3.57. The molecule has 0 unspecified atom stereocenters. The molecule has 0 aromatic carbocycles. The van der Waals surface area contributed by atoms with E-state index in [9.17, 15) is 9.59 Å². The summed E-state index contributed by atoms with van der Waals surface area (Å²) >= 11 is 0. The minimum Gasteiger partial charge on any atom is -0.480 e. The topological polar surface area (TPSA) is 95.1 Å². The molecule has 0 aliphatic carbocycles. The quantitative estimate of drug-likeness (QED) is 0.687. The number of rotatable bonds is 5. The van der Waals surface area contributed by atoms with E-state index in [4.69, 9.17) is 5.11 Å². The SMILES string of the molecule is CCC[C@@H](NC(=O)c1cn[nH]c1C)C(=O)O. The summed E-state index contributed by atoms with van der Waals surface area (Å²) in [5.74, 6) is -1.43. The maximum atomic E-state index is 11.7. The number of amides is 1. The molecular formula is C10H15N3O3. The maximum Gasteiger partial charge on any atom is 0.326 e. The molecule has 0 aliphatic rings. The van der Waals surface area contributed by atoms with Crippen molar-refractivity contribution in [3.8, 4) is 0 Å². The molecule has 0 spiro atoms. The van der Waals surface area contributed by atoms with E-state index in [0.717, 1.165) is 0 Å². The van der Waals surface area contributed by atoms with Crippen LogP contribution in [0.5, 0.6) is 0 Å². The standard InChI is InChI=1S/C10H15N3O3/c1-3-4-8(10(15)16)12-9(14)7-5-11-13-6(7)2/h5,8H,3-4H2,1-2H3,(H,11,13)(H,12,14)(H,15,16)/t8-/m1/s1. The van der Waals surface area contributed by atoms with Crippen LogP contribution in [0.4, 0.5) is 0 Å². The van der Waals surface area contributed by atoms with Crippen LogP contribution in [0.15, 0.2) is 6.20 Å². The Morgan fingerprint density at radius 2 is 2.31 bits per heavy atom. The van der Waals surface area contributed by atoms with Gasteiger partial charge in [-0.3, -0.25) is 9.89 Å². The molecule has 1 aromatic heterocycles. The van der Waals surface area contributed by atoms with Crippen LogP contribution in [0.3, 0.4) is 0 Å². The highest BCUT2D eigenvalue weighted by Gasteiger charge is 2.20. The van der Waals surface area contributed by atoms with Crippen LogP contribution in [-0.2, 0) is 4.79 Å². The number of carboxylic acid groups (broad SMARTS) is 1. The Labute approximate surface area is 93.1 Å². The minimum absolute atomic E-state index is 0.377. The molecule has 0 bridgehead atoms. The molecule has 0 saturated heterocycles. The lowest BCUT2D eigenvalue weighted by Crippen LogP contribution is -2.40. The third kappa shape index (κ3) is 2.82. The number of carbonyl (C=O) groups is 2. The van der Waals surface area contributed by atoms with Crippen molar-refractivity contribution >= 4 is 11.9 Å². The van der Waals surface area contributed by atoms with Crippen molar-refractivity contribution in [3.63, 3.8) is 0 Å². The summed E-state index contributed by atoms with van der Waals surface area (Å²) in [7, 11) is 0. The smallest absolute Gasteiger partial charge is 0.326 e. The fraction of sp³-hybridized carbons (Fsp3) is 0.500. The number of aliphatic carboxylic acids is 1. The predicted octanol–water partition coefficient (Wildman–Crippen LogP) is 0.701. The number of hydrogen-bond acceptors (Lipinski definition) is 3. The molecule has 1 rings (SSSR count). The van der Waals surface area contributed by atoms with Gasteiger partial charge in [0, 0.05) is 5.69 Å². The Kier molecular flexibility index (Phi) is 4.04. The Hall–Kier alpha value is -1.85. The summed E-state index contributed by atoms with van der Waals surface area (Å²) in [5.41, 5.74) is 1.00. The average molecular weight is 225 g/mol. The first kappa shape index (κ1) is 12.2. The van der Waals surface area contributed by atoms with Crippen LogP contribution >= 0.6 is 0 Å². The number of aromatic amines is 1. The molecule has 6 heteroatoms. The van der Waals surface area contributed by atoms with E-state index in [1.807, 2.05) is 6.92 Å². The number of H-pyrrole nitrogens is 1. The fourth-order valence-electron chi connectivity index (χ4n) is 1.36. The second-order valence-electron chi connectivity index (χ2n) is 3.56. The van der Waals surface area contributed by atoms with Gasteiger partial charge < -0.3 is 10.4 Å². The lowest BCUT2D eigenvalue weighted by molar-refractivity contribution is -0.139. The third-order valence-corrected chi connectivity index (χ3v) is 2.26. The van der Waals surface area contributed by atoms with E-state index in [0.29, 0.717) is 24.1 Å². The molecule has 3 N–H and O–H groups in total. The van der Waals surface area contributed by atoms with Gasteiger partial charge in [0.1, 0.15) is 6.04 Å². The molecule has 1 atom stereocenters. The number of nitrogens with zero attached hydrogens (tertiary/aromatic N) is 1. The van der Waals surface area contributed by atoms with Gasteiger partial charge in [0.05, 0.1) is 11.8 Å². The van der Waals surface area contributed by atoms with Gasteiger partial charge in [-0.15, -0.1) is 0 Å². The second kappa shape index (κ2) is 5.29. The maximum absolute atomic E-state index is 11.7. The van der Waals surface area contributed by atoms with Crippen molar-refractivity contribution in [2.75, 3.05) is 0 Å². The van der Waals surface area contributed by atoms with E-state index in [2.05, 4.69) is 15.5 Å². The van der Waals surface area contributed by atoms with Crippen molar-refractivity contribution in [3.05, 3.63) is 17.5 Å². The van der Waals surface area contributed by atoms with Gasteiger partial charge in [-0.25, -0.2) is 4.79 Å². The van der Waals surface area contributed by atoms with E-state index in [-0.39, 0.29) is 0 Å². The average Bonchev–Trinajstić information content (AvgIpc) is 2.63. The van der Waals surface area contributed by atoms with Crippen LogP contribution in [0, 0.1) is 6.92 Å². The van der Waals surface area contributed by atoms with Crippen LogP contribution in [0.2, 0.25) is 0 Å². The zero-order chi connectivity index (χ0) is 12.1. The lowest BCUT2D eigenvalue weighted by atomic mass is 10.1. The zero-order valence-electron chi connectivity index (χ0n) is 9.28. The van der Waals surface area contributed by atoms with Gasteiger partial charge >= 0.3 is 5.97 Å². The second-order valence-corrected chi connectivity index (χ2v) is 3.56. The van der Waals surface area contributed by atoms with Gasteiger partial charge in [0.15, 0.2) is 0 Å². The normalized spacial score (nSPS) is 12.1. The van der Waals surface area contributed by atoms with Gasteiger partial charge in [-0.05, 0) is 13.3 Å². The summed E-state index contributed by atoms with van der Waals surface area (Å²) in [5, 5.41) is 17.7. The number of nitrogens with one attached hydrogen (secondary N) is 2. The monoisotopic (exact) mass is 225 g/mol. The van der Waals surface area contributed by atoms with E-state index >= 15 is 0 Å². The highest BCUT2D eigenvalue weighted by Crippen LogP contribution is 2.04. The first-order chi connectivity index (χ1) is 7.56. The van der Waals surface area contributed by atoms with Crippen LogP contribution < -0.4 is 5.32 Å². The van der Waals surface area contributed by atoms with Crippen molar-refractivity contribution in [1.29, 1.82) is 0 Å². The van der Waals surface area contributed by atoms with Crippen molar-refractivity contribution in [1.82, 2.24) is 15.5 Å². The number of aryl methyl sites for hydroxylation is 1. The summed E-state index contributed by atoms with van der Waals surface area (Å²) in [4.78, 5) is 22.5. The highest BCUT2D eigenvalue weighted by atomic mass is 16.4. The molecule has 0 saturated carbocycles. The van der Waals surface area contributed by atoms with E-state index in [1.165, 1.54) is 6.20 Å². The van der Waals surface area contributed by atoms with E-state index in [1.54, 1.807) is 6.92 Å². The molecule has 6 nitrogen and oxygen atoms in total. The molecule has 0 aliphatic heterocycles. The van der Waals surface area contributed by atoms with Gasteiger partial charge in [-0.2, -0.15) is 5.10 Å². The molecule has 0 radical (unpaired) electrons. The Morgan fingerprint density at radius 3 is 2.75 bits per heavy atom. The van der Waals surface area contributed by atoms with Gasteiger partial charge in [0.25, 0.3) is 5.91 Å². The Balaban J connectivity index is 2.69. The summed E-state index contributed by atoms with van der Waals surface area (Å²) in [6.07, 6.45) is 2.50. The van der Waals surface area contributed by atoms with Crippen molar-refractivity contribution in [2.45, 2.75) is 32.7 Å². The zero-order valence-corrected chi connectivity index (χ0v) is 9.28. The summed E-state index contributed by atoms with van der Waals surface area (Å²) < 4.78 is 0. The first-order valence-corrected chi connectivity index (χ1v) is 5.10. The molecule has 1 aromatic rings. The molecule has 0 fully saturated rings. The number of carboxylic acids is 1. The highest BCUT2D eigenvalue weighted by molar-refractivity contribution is 5.97. The lowest BCUT2D eigenvalue weighted by Gasteiger charge is -2.12. The van der Waals surface area contributed by atoms with E-state index < -0.39 is 17.9 Å². The van der Waals surface area contributed by atoms with Crippen LogP contribution in [0.1, 0.15) is 35.8 Å². The van der Waals surface area contributed by atoms with Gasteiger partial charge in [-0.1, -0.05) is 13.3 Å². The predicted molar refractivity (Wildman–Crippen MR) is 57.1 cm³/mol. The van der Waals surface area contributed by atoms with Gasteiger partial charge in [0.2, 0.25) is 0 Å². The molecule has 1 amide bonds. The van der Waals surface area contributed by atoms with Crippen molar-refractivity contribution in [2.24, 2.45) is 0 Å². The minimum atomic E-state index is -1.02. The largest absolute Gasteiger partial charge is 0.480 e. The van der Waals surface area contributed by atoms with Crippen LogP contribution in [0.25, 0.3) is 0 Å². The van der Waals surface area contributed by atoms with Crippen molar-refractivity contribution < 1.29 is 14.7 Å². The Bertz CT molecular complexity index is 386. The number of carbonyl (C=O) groups excluding carboxylic acids is 1. The molecule has 88 valence electrons. The Morgan fingerprint density at radius 1 is 1.62 bits per heavy atom. The molecular weight excluding hydrogens is 210 g/mol. The first-order valence-electron chi connectivity index (χ1n) is 5.10. The molecule has 16 heavy (non-hydrogen) atoms. The fourth-order valence-corrected chi connectivity index (χ4v) is 1.36. The third-order valence-electron chi connectivity index (χ3n) is 2.26. The molecule has 1 heterocycles. The van der Waals surface area contributed by atoms with Crippen LogP contribution in [-0.4, -0.2) is 33.2 Å².